The maximum absolute atomic E-state index is 14.3. The summed E-state index contributed by atoms with van der Waals surface area (Å²) in [5, 5.41) is 18.0. The van der Waals surface area contributed by atoms with E-state index in [1.807, 2.05) is 0 Å². The first-order chi connectivity index (χ1) is 11.9. The molecule has 0 atom stereocenters. The maximum Gasteiger partial charge on any atom is 0.494 e. The normalized spacial score (nSPS) is 30.3. The summed E-state index contributed by atoms with van der Waals surface area (Å²) in [5.74, 6) is -1.72. The van der Waals surface area contributed by atoms with Crippen LogP contribution in [0.5, 0.6) is 0 Å². The number of benzene rings is 1. The highest BCUT2D eigenvalue weighted by molar-refractivity contribution is 6.58. The SMILES string of the molecule is CC1CCC(C2CCC(c3cc(F)c(B(O)O)c(F)c3F)CC2)CC1. The highest BCUT2D eigenvalue weighted by Gasteiger charge is 2.34. The number of hydrogen-bond donors (Lipinski definition) is 2. The zero-order valence-electron chi connectivity index (χ0n) is 14.6. The molecule has 0 saturated heterocycles. The van der Waals surface area contributed by atoms with E-state index in [-0.39, 0.29) is 11.5 Å². The number of rotatable bonds is 3. The van der Waals surface area contributed by atoms with E-state index in [1.54, 1.807) is 0 Å². The van der Waals surface area contributed by atoms with Crippen LogP contribution in [0.15, 0.2) is 6.07 Å². The fourth-order valence-electron chi connectivity index (χ4n) is 4.82. The van der Waals surface area contributed by atoms with Gasteiger partial charge in [-0.25, -0.2) is 13.2 Å². The molecular weight excluding hydrogens is 328 g/mol. The molecule has 2 aliphatic carbocycles. The van der Waals surface area contributed by atoms with Gasteiger partial charge in [0.15, 0.2) is 11.6 Å². The van der Waals surface area contributed by atoms with Crippen molar-refractivity contribution in [2.24, 2.45) is 17.8 Å². The average Bonchev–Trinajstić information content (AvgIpc) is 2.59. The zero-order chi connectivity index (χ0) is 18.1. The molecule has 0 amide bonds. The van der Waals surface area contributed by atoms with Crippen molar-refractivity contribution in [1.82, 2.24) is 0 Å². The second-order valence-corrected chi connectivity index (χ2v) is 7.99. The summed E-state index contributed by atoms with van der Waals surface area (Å²) in [7, 11) is -2.35. The summed E-state index contributed by atoms with van der Waals surface area (Å²) in [6.07, 6.45) is 8.48. The van der Waals surface area contributed by atoms with E-state index in [2.05, 4.69) is 6.92 Å². The Hall–Kier alpha value is -1.01. The Morgan fingerprint density at radius 2 is 1.36 bits per heavy atom. The molecule has 138 valence electrons. The molecule has 2 nitrogen and oxygen atoms in total. The van der Waals surface area contributed by atoms with Gasteiger partial charge in [-0.1, -0.05) is 19.8 Å². The van der Waals surface area contributed by atoms with Gasteiger partial charge in [-0.2, -0.15) is 0 Å². The second kappa shape index (κ2) is 7.71. The minimum Gasteiger partial charge on any atom is -0.423 e. The number of halogens is 3. The van der Waals surface area contributed by atoms with Crippen molar-refractivity contribution < 1.29 is 23.2 Å². The van der Waals surface area contributed by atoms with E-state index in [0.717, 1.165) is 43.6 Å². The van der Waals surface area contributed by atoms with Gasteiger partial charge in [0, 0.05) is 0 Å². The van der Waals surface area contributed by atoms with Crippen LogP contribution < -0.4 is 5.46 Å². The molecule has 0 aromatic heterocycles. The average molecular weight is 354 g/mol. The Morgan fingerprint density at radius 1 is 0.840 bits per heavy atom. The molecule has 1 aromatic rings. The monoisotopic (exact) mass is 354 g/mol. The van der Waals surface area contributed by atoms with E-state index >= 15 is 0 Å². The van der Waals surface area contributed by atoms with E-state index in [0.29, 0.717) is 5.92 Å². The third-order valence-corrected chi connectivity index (χ3v) is 6.42. The fraction of sp³-hybridized carbons (Fsp3) is 0.684. The summed E-state index contributed by atoms with van der Waals surface area (Å²) >= 11 is 0. The number of hydrogen-bond acceptors (Lipinski definition) is 2. The van der Waals surface area contributed by atoms with Gasteiger partial charge in [-0.3, -0.25) is 0 Å². The molecule has 0 unspecified atom stereocenters. The van der Waals surface area contributed by atoms with Crippen molar-refractivity contribution in [3.63, 3.8) is 0 Å². The zero-order valence-corrected chi connectivity index (χ0v) is 14.6. The fourth-order valence-corrected chi connectivity index (χ4v) is 4.82. The standard InChI is InChI=1S/C19H26BF3O2/c1-11-2-4-12(5-3-11)13-6-8-14(9-7-13)15-10-16(21)17(20(24)25)19(23)18(15)22/h10-14,24-25H,2-9H2,1H3. The van der Waals surface area contributed by atoms with Crippen LogP contribution >= 0.6 is 0 Å². The molecule has 1 aromatic carbocycles. The van der Waals surface area contributed by atoms with Crippen LogP contribution in [0.3, 0.4) is 0 Å². The van der Waals surface area contributed by atoms with Gasteiger partial charge in [0.25, 0.3) is 0 Å². The molecule has 2 aliphatic rings. The van der Waals surface area contributed by atoms with Gasteiger partial charge in [0.05, 0.1) is 5.46 Å². The van der Waals surface area contributed by atoms with Gasteiger partial charge < -0.3 is 10.0 Å². The lowest BCUT2D eigenvalue weighted by molar-refractivity contribution is 0.164. The first-order valence-electron chi connectivity index (χ1n) is 9.41. The van der Waals surface area contributed by atoms with Crippen LogP contribution in [0, 0.1) is 35.2 Å². The molecule has 0 heterocycles. The molecule has 0 bridgehead atoms. The van der Waals surface area contributed by atoms with Crippen LogP contribution in [0.2, 0.25) is 0 Å². The lowest BCUT2D eigenvalue weighted by atomic mass is 9.68. The van der Waals surface area contributed by atoms with E-state index in [4.69, 9.17) is 10.0 Å². The summed E-state index contributed by atoms with van der Waals surface area (Å²) in [4.78, 5) is 0. The van der Waals surface area contributed by atoms with Crippen molar-refractivity contribution in [3.05, 3.63) is 29.1 Å². The largest absolute Gasteiger partial charge is 0.494 e. The Kier molecular flexibility index (Phi) is 5.79. The first kappa shape index (κ1) is 18.8. The minimum atomic E-state index is -2.35. The Bertz CT molecular complexity index is 607. The van der Waals surface area contributed by atoms with Gasteiger partial charge in [-0.15, -0.1) is 0 Å². The molecule has 25 heavy (non-hydrogen) atoms. The second-order valence-electron chi connectivity index (χ2n) is 7.99. The van der Waals surface area contributed by atoms with Crippen LogP contribution in [0.1, 0.15) is 69.8 Å². The highest BCUT2D eigenvalue weighted by atomic mass is 19.2. The van der Waals surface area contributed by atoms with E-state index in [1.165, 1.54) is 25.7 Å². The van der Waals surface area contributed by atoms with Gasteiger partial charge in [0.1, 0.15) is 5.82 Å². The van der Waals surface area contributed by atoms with Crippen molar-refractivity contribution in [2.75, 3.05) is 0 Å². The molecule has 2 N–H and O–H groups in total. The summed E-state index contributed by atoms with van der Waals surface area (Å²) < 4.78 is 42.3. The van der Waals surface area contributed by atoms with Gasteiger partial charge >= 0.3 is 7.12 Å². The van der Waals surface area contributed by atoms with Crippen molar-refractivity contribution in [3.8, 4) is 0 Å². The molecule has 6 heteroatoms. The quantitative estimate of drug-likeness (QED) is 0.639. The van der Waals surface area contributed by atoms with E-state index in [9.17, 15) is 13.2 Å². The Balaban J connectivity index is 1.69. The van der Waals surface area contributed by atoms with Crippen molar-refractivity contribution in [2.45, 2.75) is 64.2 Å². The summed E-state index contributed by atoms with van der Waals surface area (Å²) in [6.45, 7) is 2.30. The summed E-state index contributed by atoms with van der Waals surface area (Å²) in [6, 6.07) is 0.945. The lowest BCUT2D eigenvalue weighted by Crippen LogP contribution is -2.37. The third-order valence-electron chi connectivity index (χ3n) is 6.42. The van der Waals surface area contributed by atoms with E-state index < -0.39 is 30.0 Å². The van der Waals surface area contributed by atoms with Crippen LogP contribution in [0.25, 0.3) is 0 Å². The molecule has 2 saturated carbocycles. The highest BCUT2D eigenvalue weighted by Crippen LogP contribution is 2.44. The Labute approximate surface area is 147 Å². The van der Waals surface area contributed by atoms with Crippen LogP contribution in [-0.2, 0) is 0 Å². The van der Waals surface area contributed by atoms with Crippen molar-refractivity contribution in [1.29, 1.82) is 0 Å². The maximum atomic E-state index is 14.3. The van der Waals surface area contributed by atoms with Crippen LogP contribution in [0.4, 0.5) is 13.2 Å². The molecule has 0 aliphatic heterocycles. The predicted molar refractivity (Wildman–Crippen MR) is 92.0 cm³/mol. The molecule has 0 spiro atoms. The van der Waals surface area contributed by atoms with Gasteiger partial charge in [0.2, 0.25) is 0 Å². The molecule has 0 radical (unpaired) electrons. The van der Waals surface area contributed by atoms with Gasteiger partial charge in [-0.05, 0) is 73.8 Å². The summed E-state index contributed by atoms with van der Waals surface area (Å²) in [5.41, 5.74) is -0.971. The predicted octanol–water partition coefficient (Wildman–Crippen LogP) is 3.88. The smallest absolute Gasteiger partial charge is 0.423 e. The third kappa shape index (κ3) is 3.90. The lowest BCUT2D eigenvalue weighted by Gasteiger charge is -2.37. The Morgan fingerprint density at radius 3 is 1.88 bits per heavy atom. The first-order valence-corrected chi connectivity index (χ1v) is 9.41. The molecular formula is C19H26BF3O2. The molecule has 3 rings (SSSR count). The van der Waals surface area contributed by atoms with Crippen LogP contribution in [-0.4, -0.2) is 17.2 Å². The molecule has 2 fully saturated rings. The van der Waals surface area contributed by atoms with Crippen molar-refractivity contribution >= 4 is 12.6 Å². The minimum absolute atomic E-state index is 0.0371. The topological polar surface area (TPSA) is 40.5 Å².